The number of aromatic amines is 1. The zero-order valence-electron chi connectivity index (χ0n) is 26.2. The van der Waals surface area contributed by atoms with Gasteiger partial charge in [-0.25, -0.2) is 9.89 Å². The van der Waals surface area contributed by atoms with Crippen LogP contribution in [0, 0.1) is 0 Å². The van der Waals surface area contributed by atoms with Crippen LogP contribution in [-0.2, 0) is 19.5 Å². The molecular formula is C36H39N5O5. The van der Waals surface area contributed by atoms with E-state index in [4.69, 9.17) is 9.47 Å². The summed E-state index contributed by atoms with van der Waals surface area (Å²) in [5, 5.41) is 21.0. The molecule has 0 saturated heterocycles. The molecule has 3 N–H and O–H groups in total. The van der Waals surface area contributed by atoms with Crippen LogP contribution in [0.1, 0.15) is 78.3 Å². The number of carbonyl (C=O) groups is 1. The molecule has 0 spiro atoms. The number of aromatic hydroxyl groups is 1. The van der Waals surface area contributed by atoms with Gasteiger partial charge in [0.25, 0.3) is 5.91 Å². The van der Waals surface area contributed by atoms with Gasteiger partial charge < -0.3 is 24.5 Å². The Hall–Kier alpha value is -4.99. The predicted octanol–water partition coefficient (Wildman–Crippen LogP) is 6.08. The Labute approximate surface area is 267 Å². The second-order valence-corrected chi connectivity index (χ2v) is 12.2. The van der Waals surface area contributed by atoms with Crippen molar-refractivity contribution in [1.29, 1.82) is 0 Å². The molecule has 7 rings (SSSR count). The Morgan fingerprint density at radius 1 is 1.11 bits per heavy atom. The van der Waals surface area contributed by atoms with Crippen LogP contribution < -0.4 is 20.5 Å². The molecule has 1 fully saturated rings. The Bertz CT molecular complexity index is 1950. The van der Waals surface area contributed by atoms with E-state index in [0.29, 0.717) is 43.4 Å². The summed E-state index contributed by atoms with van der Waals surface area (Å²) < 4.78 is 15.6. The maximum absolute atomic E-state index is 14.0. The molecule has 10 nitrogen and oxygen atoms in total. The van der Waals surface area contributed by atoms with Gasteiger partial charge in [-0.1, -0.05) is 37.5 Å². The van der Waals surface area contributed by atoms with Crippen LogP contribution >= 0.6 is 0 Å². The van der Waals surface area contributed by atoms with E-state index in [9.17, 15) is 14.7 Å². The van der Waals surface area contributed by atoms with Crippen molar-refractivity contribution in [2.75, 3.05) is 13.7 Å². The van der Waals surface area contributed by atoms with Crippen molar-refractivity contribution in [3.63, 3.8) is 0 Å². The fourth-order valence-electron chi connectivity index (χ4n) is 7.25. The zero-order chi connectivity index (χ0) is 31.8. The zero-order valence-corrected chi connectivity index (χ0v) is 26.2. The standard InChI is InChI=1S/C36H39N5O5/c1-3-40-34(38-39-36(40)44)29(19-22-9-12-25(42)13-10-22)37-35(43)24-11-15-27-30(20-24)41-17-18-46-31-21-26(45-2)14-16-28(31)33(41)32(27)23-7-5-4-6-8-23/h9-16,20-21,23,29,42H,3-8,17-19H2,1-2H3,(H,37,43)(H,39,44)/t29-/m0/s1. The van der Waals surface area contributed by atoms with E-state index in [-0.39, 0.29) is 17.3 Å². The molecule has 238 valence electrons. The third-order valence-corrected chi connectivity index (χ3v) is 9.49. The lowest BCUT2D eigenvalue weighted by molar-refractivity contribution is 0.0934. The first kappa shape index (κ1) is 29.7. The fourth-order valence-corrected chi connectivity index (χ4v) is 7.25. The van der Waals surface area contributed by atoms with Crippen LogP contribution in [0.5, 0.6) is 17.2 Å². The molecular weight excluding hydrogens is 582 g/mol. The number of phenolic OH excluding ortho intramolecular Hbond substituents is 1. The second kappa shape index (κ2) is 12.4. The Kier molecular flexibility index (Phi) is 8.02. The van der Waals surface area contributed by atoms with Crippen molar-refractivity contribution in [3.8, 4) is 28.5 Å². The largest absolute Gasteiger partial charge is 0.508 e. The van der Waals surface area contributed by atoms with E-state index >= 15 is 0 Å². The number of H-pyrrole nitrogens is 1. The Balaban J connectivity index is 1.30. The van der Waals surface area contributed by atoms with Crippen LogP contribution in [0.3, 0.4) is 0 Å². The Morgan fingerprint density at radius 3 is 2.67 bits per heavy atom. The van der Waals surface area contributed by atoms with Gasteiger partial charge in [0.1, 0.15) is 23.9 Å². The van der Waals surface area contributed by atoms with Crippen LogP contribution in [0.25, 0.3) is 22.2 Å². The Morgan fingerprint density at radius 2 is 1.91 bits per heavy atom. The highest BCUT2D eigenvalue weighted by atomic mass is 16.5. The molecule has 0 unspecified atom stereocenters. The van der Waals surface area contributed by atoms with Gasteiger partial charge in [0.05, 0.1) is 25.4 Å². The number of carbonyl (C=O) groups excluding carboxylic acids is 1. The molecule has 46 heavy (non-hydrogen) atoms. The predicted molar refractivity (Wildman–Crippen MR) is 176 cm³/mol. The maximum Gasteiger partial charge on any atom is 0.343 e. The van der Waals surface area contributed by atoms with E-state index in [1.54, 1.807) is 31.4 Å². The number of benzene rings is 3. The van der Waals surface area contributed by atoms with Crippen molar-refractivity contribution in [3.05, 3.63) is 93.7 Å². The lowest BCUT2D eigenvalue weighted by atomic mass is 9.81. The van der Waals surface area contributed by atoms with Gasteiger partial charge in [0, 0.05) is 34.6 Å². The van der Waals surface area contributed by atoms with Crippen molar-refractivity contribution in [2.45, 2.75) is 70.5 Å². The van der Waals surface area contributed by atoms with E-state index in [1.807, 2.05) is 31.2 Å². The average molecular weight is 622 g/mol. The molecule has 2 aromatic heterocycles. The number of nitrogens with one attached hydrogen (secondary N) is 2. The maximum atomic E-state index is 14.0. The third-order valence-electron chi connectivity index (χ3n) is 9.49. The lowest BCUT2D eigenvalue weighted by Gasteiger charge is -2.23. The molecule has 1 amide bonds. The first-order valence-electron chi connectivity index (χ1n) is 16.2. The smallest absolute Gasteiger partial charge is 0.343 e. The van der Waals surface area contributed by atoms with Crippen LogP contribution in [-0.4, -0.2) is 44.1 Å². The number of fused-ring (bicyclic) bond motifs is 5. The number of phenols is 1. The summed E-state index contributed by atoms with van der Waals surface area (Å²) in [5.41, 5.74) is 5.66. The van der Waals surface area contributed by atoms with Gasteiger partial charge in [-0.3, -0.25) is 9.36 Å². The van der Waals surface area contributed by atoms with E-state index in [2.05, 4.69) is 32.2 Å². The summed E-state index contributed by atoms with van der Waals surface area (Å²) in [6.45, 7) is 3.43. The number of aromatic nitrogens is 4. The summed E-state index contributed by atoms with van der Waals surface area (Å²) in [6, 6.07) is 18.3. The number of ether oxygens (including phenoxy) is 2. The number of hydrogen-bond acceptors (Lipinski definition) is 6. The van der Waals surface area contributed by atoms with Gasteiger partial charge in [0.2, 0.25) is 0 Å². The summed E-state index contributed by atoms with van der Waals surface area (Å²) in [6.07, 6.45) is 6.36. The summed E-state index contributed by atoms with van der Waals surface area (Å²) in [7, 11) is 1.66. The van der Waals surface area contributed by atoms with Crippen molar-refractivity contribution in [2.24, 2.45) is 0 Å². The number of methoxy groups -OCH3 is 1. The number of hydrogen-bond donors (Lipinski definition) is 3. The minimum atomic E-state index is -0.580. The molecule has 1 atom stereocenters. The summed E-state index contributed by atoms with van der Waals surface area (Å²) in [5.74, 6) is 2.36. The van der Waals surface area contributed by atoms with E-state index in [1.165, 1.54) is 40.5 Å². The number of nitrogens with zero attached hydrogens (tertiary/aromatic N) is 3. The summed E-state index contributed by atoms with van der Waals surface area (Å²) >= 11 is 0. The minimum Gasteiger partial charge on any atom is -0.508 e. The molecule has 10 heteroatoms. The first-order valence-corrected chi connectivity index (χ1v) is 16.2. The average Bonchev–Trinajstić information content (AvgIpc) is 3.55. The van der Waals surface area contributed by atoms with Crippen molar-refractivity contribution >= 4 is 16.8 Å². The normalized spacial score (nSPS) is 15.4. The molecule has 3 heterocycles. The molecule has 3 aromatic carbocycles. The van der Waals surface area contributed by atoms with E-state index in [0.717, 1.165) is 41.0 Å². The molecule has 1 aliphatic carbocycles. The highest BCUT2D eigenvalue weighted by Gasteiger charge is 2.30. The van der Waals surface area contributed by atoms with Gasteiger partial charge in [-0.15, -0.1) is 0 Å². The topological polar surface area (TPSA) is 123 Å². The summed E-state index contributed by atoms with van der Waals surface area (Å²) in [4.78, 5) is 26.5. The van der Waals surface area contributed by atoms with Gasteiger partial charge in [-0.2, -0.15) is 5.10 Å². The fraction of sp³-hybridized carbons (Fsp3) is 0.361. The second-order valence-electron chi connectivity index (χ2n) is 12.2. The third kappa shape index (κ3) is 5.42. The van der Waals surface area contributed by atoms with Gasteiger partial charge in [-0.05, 0) is 79.6 Å². The number of amides is 1. The molecule has 0 radical (unpaired) electrons. The molecule has 2 aliphatic rings. The van der Waals surface area contributed by atoms with Crippen LogP contribution in [0.15, 0.2) is 65.5 Å². The van der Waals surface area contributed by atoms with Crippen molar-refractivity contribution in [1.82, 2.24) is 24.6 Å². The minimum absolute atomic E-state index is 0.161. The molecule has 5 aromatic rings. The van der Waals surface area contributed by atoms with Gasteiger partial charge >= 0.3 is 5.69 Å². The lowest BCUT2D eigenvalue weighted by Crippen LogP contribution is -2.33. The van der Waals surface area contributed by atoms with Gasteiger partial charge in [0.15, 0.2) is 5.82 Å². The van der Waals surface area contributed by atoms with E-state index < -0.39 is 6.04 Å². The van der Waals surface area contributed by atoms with Crippen molar-refractivity contribution < 1.29 is 19.4 Å². The first-order chi connectivity index (χ1) is 22.4. The molecule has 1 saturated carbocycles. The number of rotatable bonds is 8. The monoisotopic (exact) mass is 621 g/mol. The van der Waals surface area contributed by atoms with Crippen LogP contribution in [0.4, 0.5) is 0 Å². The SMILES string of the molecule is CCn1c([C@H](Cc2ccc(O)cc2)NC(=O)c2ccc3c(C4CCCCC4)c4n(c3c2)CCOc2cc(OC)ccc2-4)n[nH]c1=O. The highest BCUT2D eigenvalue weighted by Crippen LogP contribution is 2.47. The molecule has 0 bridgehead atoms. The van der Waals surface area contributed by atoms with Crippen LogP contribution in [0.2, 0.25) is 0 Å². The quantitative estimate of drug-likeness (QED) is 0.193. The highest BCUT2D eigenvalue weighted by molar-refractivity contribution is 6.01. The molecule has 1 aliphatic heterocycles.